The molecule has 4 nitrogen and oxygen atoms in total. The summed E-state index contributed by atoms with van der Waals surface area (Å²) in [6.45, 7) is 1.81. The Balaban J connectivity index is 1.75. The van der Waals surface area contributed by atoms with E-state index in [-0.39, 0.29) is 5.56 Å². The summed E-state index contributed by atoms with van der Waals surface area (Å²) >= 11 is 0. The lowest BCUT2D eigenvalue weighted by Gasteiger charge is -2.07. The molecule has 126 valence electrons. The molecule has 8 heteroatoms. The van der Waals surface area contributed by atoms with Gasteiger partial charge in [-0.15, -0.1) is 5.10 Å². The number of halogens is 2. The first-order valence-corrected chi connectivity index (χ1v) is 9.80. The third kappa shape index (κ3) is 6.12. The largest absolute Gasteiger partial charge is 0.309 e. The highest BCUT2D eigenvalue weighted by Crippen LogP contribution is 2.23. The van der Waals surface area contributed by atoms with Crippen LogP contribution in [0.2, 0.25) is 0 Å². The Morgan fingerprint density at radius 1 is 1.17 bits per heavy atom. The van der Waals surface area contributed by atoms with Gasteiger partial charge in [-0.05, 0) is 32.6 Å². The Bertz CT molecular complexity index is 619. The molecule has 0 atom stereocenters. The number of hydrogen-bond donors (Lipinski definition) is 0. The van der Waals surface area contributed by atoms with Gasteiger partial charge in [0.1, 0.15) is 17.3 Å². The van der Waals surface area contributed by atoms with Gasteiger partial charge in [-0.25, -0.2) is 8.78 Å². The van der Waals surface area contributed by atoms with Crippen LogP contribution in [-0.2, 0) is 6.54 Å². The predicted octanol–water partition coefficient (Wildman–Crippen LogP) is 3.56. The summed E-state index contributed by atoms with van der Waals surface area (Å²) in [6.07, 6.45) is 2.66. The van der Waals surface area contributed by atoms with Crippen molar-refractivity contribution in [2.45, 2.75) is 13.0 Å². The fourth-order valence-corrected chi connectivity index (χ4v) is 4.06. The lowest BCUT2D eigenvalue weighted by atomic mass is 10.1. The van der Waals surface area contributed by atoms with Gasteiger partial charge in [0.25, 0.3) is 0 Å². The van der Waals surface area contributed by atoms with Gasteiger partial charge in [0.15, 0.2) is 0 Å². The highest BCUT2D eigenvalue weighted by atomic mass is 33.1. The van der Waals surface area contributed by atoms with Gasteiger partial charge in [0.05, 0.1) is 6.20 Å². The average molecular weight is 358 g/mol. The summed E-state index contributed by atoms with van der Waals surface area (Å²) in [5, 5.41) is 7.95. The van der Waals surface area contributed by atoms with Gasteiger partial charge in [-0.3, -0.25) is 4.68 Å². The number of nitrogens with zero attached hydrogens (tertiary/aromatic N) is 4. The van der Waals surface area contributed by atoms with Crippen LogP contribution in [0, 0.1) is 11.6 Å². The zero-order chi connectivity index (χ0) is 16.7. The van der Waals surface area contributed by atoms with Crippen molar-refractivity contribution in [3.05, 3.63) is 36.0 Å². The van der Waals surface area contributed by atoms with Crippen LogP contribution in [0.4, 0.5) is 8.78 Å². The smallest absolute Gasteiger partial charge is 0.135 e. The van der Waals surface area contributed by atoms with Crippen LogP contribution in [0.25, 0.3) is 11.3 Å². The number of aromatic nitrogens is 3. The van der Waals surface area contributed by atoms with Crippen molar-refractivity contribution in [3.8, 4) is 11.3 Å². The van der Waals surface area contributed by atoms with Crippen molar-refractivity contribution in [3.63, 3.8) is 0 Å². The van der Waals surface area contributed by atoms with Crippen LogP contribution in [0.15, 0.2) is 24.4 Å². The summed E-state index contributed by atoms with van der Waals surface area (Å²) in [5.74, 6) is 0.917. The van der Waals surface area contributed by atoms with Crippen LogP contribution in [-0.4, -0.2) is 52.0 Å². The molecule has 23 heavy (non-hydrogen) atoms. The van der Waals surface area contributed by atoms with E-state index < -0.39 is 11.6 Å². The minimum Gasteiger partial charge on any atom is -0.309 e. The molecule has 0 aliphatic rings. The fraction of sp³-hybridized carbons (Fsp3) is 0.467. The third-order valence-corrected chi connectivity index (χ3v) is 5.54. The maximum absolute atomic E-state index is 13.7. The molecule has 0 aliphatic carbocycles. The van der Waals surface area contributed by atoms with Gasteiger partial charge < -0.3 is 4.90 Å². The van der Waals surface area contributed by atoms with Crippen LogP contribution in [0.3, 0.4) is 0 Å². The first-order chi connectivity index (χ1) is 11.1. The second kappa shape index (κ2) is 9.24. The molecule has 0 amide bonds. The highest BCUT2D eigenvalue weighted by Gasteiger charge is 2.10. The minimum atomic E-state index is -0.620. The Kier molecular flexibility index (Phi) is 7.32. The SMILES string of the molecule is CN(C)CCSSCCCn1cc(-c2ccc(F)cc2F)nn1. The zero-order valence-electron chi connectivity index (χ0n) is 13.2. The number of hydrogen-bond acceptors (Lipinski definition) is 5. The van der Waals surface area contributed by atoms with Crippen molar-refractivity contribution < 1.29 is 8.78 Å². The van der Waals surface area contributed by atoms with Crippen molar-refractivity contribution in [2.24, 2.45) is 0 Å². The third-order valence-electron chi connectivity index (χ3n) is 3.07. The Morgan fingerprint density at radius 3 is 2.70 bits per heavy atom. The van der Waals surface area contributed by atoms with Gasteiger partial charge in [0, 0.05) is 36.2 Å². The Morgan fingerprint density at radius 2 is 1.96 bits per heavy atom. The van der Waals surface area contributed by atoms with Crippen molar-refractivity contribution >= 4 is 21.6 Å². The average Bonchev–Trinajstić information content (AvgIpc) is 2.94. The molecule has 0 fully saturated rings. The van der Waals surface area contributed by atoms with Gasteiger partial charge in [-0.1, -0.05) is 26.8 Å². The molecule has 0 spiro atoms. The second-order valence-corrected chi connectivity index (χ2v) is 7.99. The maximum atomic E-state index is 13.7. The molecule has 0 unspecified atom stereocenters. The van der Waals surface area contributed by atoms with Crippen LogP contribution in [0.5, 0.6) is 0 Å². The molecule has 0 aliphatic heterocycles. The minimum absolute atomic E-state index is 0.270. The second-order valence-electron chi connectivity index (χ2n) is 5.29. The molecule has 2 aromatic rings. The number of aryl methyl sites for hydroxylation is 1. The molecular weight excluding hydrogens is 338 g/mol. The molecule has 0 saturated heterocycles. The number of rotatable bonds is 9. The Hall–Kier alpha value is -1.12. The van der Waals surface area contributed by atoms with Crippen molar-refractivity contribution in [2.75, 3.05) is 32.1 Å². The Labute approximate surface area is 143 Å². The van der Waals surface area contributed by atoms with E-state index in [4.69, 9.17) is 0 Å². The molecule has 1 heterocycles. The fourth-order valence-electron chi connectivity index (χ4n) is 1.85. The first-order valence-electron chi connectivity index (χ1n) is 7.31. The molecular formula is C15H20F2N4S2. The van der Waals surface area contributed by atoms with E-state index >= 15 is 0 Å². The topological polar surface area (TPSA) is 34.0 Å². The van der Waals surface area contributed by atoms with Crippen molar-refractivity contribution in [1.82, 2.24) is 19.9 Å². The zero-order valence-corrected chi connectivity index (χ0v) is 14.8. The van der Waals surface area contributed by atoms with Gasteiger partial charge >= 0.3 is 0 Å². The molecule has 1 aromatic carbocycles. The standard InChI is InChI=1S/C15H20F2N4S2/c1-20(2)7-9-23-22-8-3-6-21-11-15(18-19-21)13-5-4-12(16)10-14(13)17/h4-5,10-11H,3,6-9H2,1-2H3. The molecule has 0 N–H and O–H groups in total. The normalized spacial score (nSPS) is 11.3. The lowest BCUT2D eigenvalue weighted by Crippen LogP contribution is -2.14. The summed E-state index contributed by atoms with van der Waals surface area (Å²) in [5.41, 5.74) is 0.696. The van der Waals surface area contributed by atoms with E-state index in [1.165, 1.54) is 12.1 Å². The molecule has 0 saturated carbocycles. The van der Waals surface area contributed by atoms with E-state index in [0.29, 0.717) is 5.69 Å². The van der Waals surface area contributed by atoms with Crippen LogP contribution < -0.4 is 0 Å². The monoisotopic (exact) mass is 358 g/mol. The summed E-state index contributed by atoms with van der Waals surface area (Å²) in [6, 6.07) is 3.46. The molecule has 0 radical (unpaired) electrons. The van der Waals surface area contributed by atoms with Gasteiger partial charge in [0.2, 0.25) is 0 Å². The van der Waals surface area contributed by atoms with E-state index in [0.717, 1.165) is 37.1 Å². The maximum Gasteiger partial charge on any atom is 0.135 e. The predicted molar refractivity (Wildman–Crippen MR) is 93.5 cm³/mol. The van der Waals surface area contributed by atoms with E-state index in [9.17, 15) is 8.78 Å². The summed E-state index contributed by atoms with van der Waals surface area (Å²) in [7, 11) is 7.85. The van der Waals surface area contributed by atoms with Crippen molar-refractivity contribution in [1.29, 1.82) is 0 Å². The quantitative estimate of drug-likeness (QED) is 0.506. The molecule has 2 rings (SSSR count). The summed E-state index contributed by atoms with van der Waals surface area (Å²) < 4.78 is 28.3. The number of benzene rings is 1. The van der Waals surface area contributed by atoms with Crippen LogP contribution >= 0.6 is 21.6 Å². The van der Waals surface area contributed by atoms with E-state index in [2.05, 4.69) is 29.3 Å². The first kappa shape index (κ1) is 18.2. The molecule has 1 aromatic heterocycles. The lowest BCUT2D eigenvalue weighted by molar-refractivity contribution is 0.438. The van der Waals surface area contributed by atoms with E-state index in [1.54, 1.807) is 10.9 Å². The highest BCUT2D eigenvalue weighted by molar-refractivity contribution is 8.76. The molecule has 0 bridgehead atoms. The van der Waals surface area contributed by atoms with Gasteiger partial charge in [-0.2, -0.15) is 0 Å². The van der Waals surface area contributed by atoms with Crippen LogP contribution in [0.1, 0.15) is 6.42 Å². The van der Waals surface area contributed by atoms with E-state index in [1.807, 2.05) is 21.6 Å². The summed E-state index contributed by atoms with van der Waals surface area (Å²) in [4.78, 5) is 2.17.